The van der Waals surface area contributed by atoms with Crippen molar-refractivity contribution in [3.8, 4) is 0 Å². The first kappa shape index (κ1) is 104. The van der Waals surface area contributed by atoms with Crippen LogP contribution in [0, 0.1) is 0 Å². The van der Waals surface area contributed by atoms with Gasteiger partial charge in [-0.05, 0) is 167 Å². The van der Waals surface area contributed by atoms with E-state index >= 15 is 0 Å². The van der Waals surface area contributed by atoms with Crippen LogP contribution < -0.4 is 0 Å². The van der Waals surface area contributed by atoms with Crippen molar-refractivity contribution in [3.05, 3.63) is 207 Å². The van der Waals surface area contributed by atoms with Gasteiger partial charge in [0.2, 0.25) is 0 Å². The average Bonchev–Trinajstić information content (AvgIpc) is 0.899. The van der Waals surface area contributed by atoms with Crippen LogP contribution >= 0.6 is 15.6 Å². The van der Waals surface area contributed by atoms with Crippen LogP contribution in [0.3, 0.4) is 0 Å². The standard InChI is InChI=1S/C91H144O17P2/c1-5-9-13-17-21-25-29-33-37-40-42-45-48-51-55-59-63-67-71-75-88(93)101-81-86(107-90(95)77-73-69-65-61-57-53-47-36-32-28-24-20-16-12-8-4)83-105-109(97,98)103-79-85(92)80-104-110(99,100)106-84-87(108-91(96)78-74-70-66-62-58-54-50-44-39-35-31-27-23-19-15-11-7-3)82-102-89(94)76-72-68-64-60-56-52-49-46-43-41-38-34-30-26-22-18-14-10-6-2/h9-16,21-28,33-39,42-43,45-47,50,54,57,61,69,73,85-87,92H,5-8,17-20,29-32,40-41,44,48-49,51-53,55-56,58-60,62-68,70-72,74-84H2,1-4H3,(H,97,98)(H,99,100)/b13-9-,14-10-,15-11-,16-12-,25-21-,26-22-,27-23-,28-24-,37-33-,38-34-,39-35-,45-42-,46-43-,47-36-,54-50-,61-57-,73-69-. The number of carbonyl (C=O) groups is 4. The van der Waals surface area contributed by atoms with Gasteiger partial charge in [0.1, 0.15) is 19.3 Å². The second-order valence-electron chi connectivity index (χ2n) is 26.6. The van der Waals surface area contributed by atoms with Crippen LogP contribution in [0.4, 0.5) is 0 Å². The predicted molar refractivity (Wildman–Crippen MR) is 454 cm³/mol. The summed E-state index contributed by atoms with van der Waals surface area (Å²) >= 11 is 0. The number of esters is 4. The zero-order chi connectivity index (χ0) is 80.3. The molecule has 19 heteroatoms. The number of hydrogen-bond donors (Lipinski definition) is 3. The van der Waals surface area contributed by atoms with Crippen molar-refractivity contribution in [2.75, 3.05) is 39.6 Å². The van der Waals surface area contributed by atoms with Gasteiger partial charge in [-0.1, -0.05) is 298 Å². The molecule has 0 fully saturated rings. The average molecular weight is 1570 g/mol. The minimum absolute atomic E-state index is 0.0523. The third-order valence-corrected chi connectivity index (χ3v) is 18.2. The van der Waals surface area contributed by atoms with E-state index in [1.165, 1.54) is 0 Å². The molecule has 0 aliphatic rings. The molecular weight excluding hydrogens is 1430 g/mol. The van der Waals surface area contributed by atoms with E-state index in [0.717, 1.165) is 205 Å². The Bertz CT molecular complexity index is 2900. The Hall–Kier alpha value is -6.36. The molecule has 0 aliphatic heterocycles. The van der Waals surface area contributed by atoms with Crippen LogP contribution in [0.15, 0.2) is 207 Å². The van der Waals surface area contributed by atoms with Crippen LogP contribution in [0.2, 0.25) is 0 Å². The summed E-state index contributed by atoms with van der Waals surface area (Å²) in [5.74, 6) is -2.40. The highest BCUT2D eigenvalue weighted by atomic mass is 31.2. The quantitative estimate of drug-likeness (QED) is 0.0169. The van der Waals surface area contributed by atoms with Crippen molar-refractivity contribution in [1.82, 2.24) is 0 Å². The van der Waals surface area contributed by atoms with Crippen LogP contribution in [0.5, 0.6) is 0 Å². The number of unbranched alkanes of at least 4 members (excludes halogenated alkanes) is 16. The van der Waals surface area contributed by atoms with Crippen LogP contribution in [-0.4, -0.2) is 96.7 Å². The van der Waals surface area contributed by atoms with Gasteiger partial charge in [0, 0.05) is 19.3 Å². The first-order valence-corrected chi connectivity index (χ1v) is 44.3. The second-order valence-corrected chi connectivity index (χ2v) is 29.5. The molecule has 0 aliphatic carbocycles. The maximum Gasteiger partial charge on any atom is 0.472 e. The Morgan fingerprint density at radius 3 is 0.764 bits per heavy atom. The number of ether oxygens (including phenoxy) is 4. The van der Waals surface area contributed by atoms with Gasteiger partial charge in [-0.2, -0.15) is 0 Å². The van der Waals surface area contributed by atoms with Crippen molar-refractivity contribution in [1.29, 1.82) is 0 Å². The lowest BCUT2D eigenvalue weighted by Crippen LogP contribution is -2.30. The summed E-state index contributed by atoms with van der Waals surface area (Å²) in [5, 5.41) is 10.7. The molecule has 0 radical (unpaired) electrons. The molecule has 0 spiro atoms. The third kappa shape index (κ3) is 79.7. The number of aliphatic hydroxyl groups excluding tert-OH is 1. The molecule has 0 aromatic heterocycles. The van der Waals surface area contributed by atoms with Gasteiger partial charge in [0.05, 0.1) is 32.8 Å². The maximum atomic E-state index is 13.1. The van der Waals surface area contributed by atoms with Crippen molar-refractivity contribution in [3.63, 3.8) is 0 Å². The lowest BCUT2D eigenvalue weighted by atomic mass is 10.1. The van der Waals surface area contributed by atoms with Gasteiger partial charge >= 0.3 is 39.5 Å². The number of carbonyl (C=O) groups excluding carboxylic acids is 4. The van der Waals surface area contributed by atoms with E-state index in [-0.39, 0.29) is 25.7 Å². The Labute approximate surface area is 665 Å². The van der Waals surface area contributed by atoms with Crippen LogP contribution in [0.25, 0.3) is 0 Å². The number of aliphatic hydroxyl groups is 1. The fraction of sp³-hybridized carbons (Fsp3) is 0.582. The van der Waals surface area contributed by atoms with Crippen molar-refractivity contribution < 1.29 is 80.2 Å². The highest BCUT2D eigenvalue weighted by Crippen LogP contribution is 2.45. The molecule has 620 valence electrons. The summed E-state index contributed by atoms with van der Waals surface area (Å²) in [6.45, 7) is 4.23. The SMILES string of the molecule is CC/C=C\C/C=C\C/C=C\C/C=C\C/C=C\CC(=O)OC(COC(=O)CCCCCCCC/C=C\C/C=C\C/C=C\C/C=C\CC)COP(=O)(O)OCC(O)COP(=O)(O)OCC(COC(=O)CCCCCCCC/C=C\C/C=C\C/C=C\C/C=C\CC)OC(=O)CCCCCC/C=C\C/C=C\C/C=C\C/C=C\CC. The summed E-state index contributed by atoms with van der Waals surface area (Å²) in [4.78, 5) is 73.1. The largest absolute Gasteiger partial charge is 0.472 e. The fourth-order valence-electron chi connectivity index (χ4n) is 10.2. The smallest absolute Gasteiger partial charge is 0.462 e. The molecule has 5 atom stereocenters. The van der Waals surface area contributed by atoms with Crippen LogP contribution in [0.1, 0.15) is 285 Å². The van der Waals surface area contributed by atoms with E-state index < -0.39 is 97.5 Å². The molecular formula is C91H144O17P2. The summed E-state index contributed by atoms with van der Waals surface area (Å²) in [6, 6.07) is 0. The lowest BCUT2D eigenvalue weighted by Gasteiger charge is -2.21. The molecule has 0 rings (SSSR count). The zero-order valence-corrected chi connectivity index (χ0v) is 69.6. The van der Waals surface area contributed by atoms with E-state index in [9.17, 15) is 43.2 Å². The summed E-state index contributed by atoms with van der Waals surface area (Å²) in [6.07, 6.45) is 101. The first-order chi connectivity index (χ1) is 53.7. The van der Waals surface area contributed by atoms with E-state index in [1.54, 1.807) is 12.2 Å². The molecule has 3 N–H and O–H groups in total. The molecule has 5 unspecified atom stereocenters. The number of hydrogen-bond acceptors (Lipinski definition) is 15. The minimum atomic E-state index is -5.02. The molecule has 110 heavy (non-hydrogen) atoms. The Balaban J connectivity index is 5.50. The Morgan fingerprint density at radius 2 is 0.482 bits per heavy atom. The van der Waals surface area contributed by atoms with E-state index in [4.69, 9.17) is 37.0 Å². The summed E-state index contributed by atoms with van der Waals surface area (Å²) < 4.78 is 68.6. The van der Waals surface area contributed by atoms with E-state index in [0.29, 0.717) is 25.7 Å². The topological polar surface area (TPSA) is 237 Å². The number of allylic oxidation sites excluding steroid dienone is 33. The fourth-order valence-corrected chi connectivity index (χ4v) is 11.7. The van der Waals surface area contributed by atoms with Gasteiger partial charge < -0.3 is 33.8 Å². The molecule has 0 saturated heterocycles. The Kier molecular flexibility index (Phi) is 76.0. The summed E-state index contributed by atoms with van der Waals surface area (Å²) in [5.41, 5.74) is 0. The molecule has 0 heterocycles. The zero-order valence-electron chi connectivity index (χ0n) is 67.8. The number of phosphoric acid groups is 2. The van der Waals surface area contributed by atoms with Gasteiger partial charge in [-0.25, -0.2) is 9.13 Å². The molecule has 0 aromatic carbocycles. The molecule has 0 bridgehead atoms. The predicted octanol–water partition coefficient (Wildman–Crippen LogP) is 24.7. The molecule has 0 saturated carbocycles. The summed E-state index contributed by atoms with van der Waals surface area (Å²) in [7, 11) is -10.0. The highest BCUT2D eigenvalue weighted by molar-refractivity contribution is 7.47. The number of phosphoric ester groups is 2. The maximum absolute atomic E-state index is 13.1. The van der Waals surface area contributed by atoms with Crippen molar-refractivity contribution in [2.24, 2.45) is 0 Å². The molecule has 0 aromatic rings. The Morgan fingerprint density at radius 1 is 0.264 bits per heavy atom. The first-order valence-electron chi connectivity index (χ1n) is 41.3. The second kappa shape index (κ2) is 80.7. The van der Waals surface area contributed by atoms with Gasteiger partial charge in [0.15, 0.2) is 12.2 Å². The van der Waals surface area contributed by atoms with Gasteiger partial charge in [-0.15, -0.1) is 0 Å². The van der Waals surface area contributed by atoms with E-state index in [2.05, 4.69) is 210 Å². The normalized spacial score (nSPS) is 14.9. The molecule has 17 nitrogen and oxygen atoms in total. The highest BCUT2D eigenvalue weighted by Gasteiger charge is 2.30. The monoisotopic (exact) mass is 1570 g/mol. The minimum Gasteiger partial charge on any atom is -0.462 e. The lowest BCUT2D eigenvalue weighted by molar-refractivity contribution is -0.161. The van der Waals surface area contributed by atoms with Gasteiger partial charge in [-0.3, -0.25) is 37.3 Å². The van der Waals surface area contributed by atoms with Crippen molar-refractivity contribution in [2.45, 2.75) is 303 Å². The van der Waals surface area contributed by atoms with Crippen molar-refractivity contribution >= 4 is 39.5 Å². The van der Waals surface area contributed by atoms with Gasteiger partial charge in [0.25, 0.3) is 0 Å². The molecule has 0 amide bonds. The number of rotatable bonds is 75. The third-order valence-electron chi connectivity index (χ3n) is 16.3. The van der Waals surface area contributed by atoms with E-state index in [1.807, 2.05) is 12.2 Å². The van der Waals surface area contributed by atoms with Crippen LogP contribution in [-0.2, 0) is 65.4 Å².